The van der Waals surface area contributed by atoms with E-state index in [0.29, 0.717) is 31.9 Å². The first-order valence-corrected chi connectivity index (χ1v) is 11.3. The molecular weight excluding hydrogens is 390 g/mol. The number of aryl methyl sites for hydroxylation is 1. The number of nitrogens with zero attached hydrogens (tertiary/aromatic N) is 1. The zero-order chi connectivity index (χ0) is 20.6. The average molecular weight is 420 g/mol. The lowest BCUT2D eigenvalue weighted by atomic mass is 10.1. The maximum absolute atomic E-state index is 12.4. The van der Waals surface area contributed by atoms with Crippen LogP contribution in [-0.2, 0) is 20.7 Å². The van der Waals surface area contributed by atoms with Crippen molar-refractivity contribution in [1.29, 1.82) is 0 Å². The molecule has 158 valence electrons. The van der Waals surface area contributed by atoms with E-state index in [2.05, 4.69) is 10.6 Å². The minimum absolute atomic E-state index is 0.00407. The summed E-state index contributed by atoms with van der Waals surface area (Å²) in [7, 11) is 0. The highest BCUT2D eigenvalue weighted by molar-refractivity contribution is 8.00. The van der Waals surface area contributed by atoms with Crippen molar-refractivity contribution in [3.63, 3.8) is 0 Å². The Bertz CT molecular complexity index is 734. The first kappa shape index (κ1) is 21.5. The van der Waals surface area contributed by atoms with E-state index >= 15 is 0 Å². The van der Waals surface area contributed by atoms with Gasteiger partial charge in [0, 0.05) is 37.0 Å². The third kappa shape index (κ3) is 6.13. The van der Waals surface area contributed by atoms with E-state index < -0.39 is 0 Å². The standard InChI is InChI=1S/C21H29N3O4S/c1-2-28-21(27)24-12-9-16(10-13-24)22-19(25)11-14-29-18-8-7-15-5-3-4-6-17(15)23-20(18)26/h3-6,16,18H,2,7-14H2,1H3,(H,22,25)(H,23,26)/t18-/m1/s1. The van der Waals surface area contributed by atoms with Gasteiger partial charge in [-0.3, -0.25) is 9.59 Å². The Morgan fingerprint density at radius 1 is 1.24 bits per heavy atom. The van der Waals surface area contributed by atoms with Gasteiger partial charge in [0.25, 0.3) is 0 Å². The number of amides is 3. The molecule has 0 radical (unpaired) electrons. The first-order valence-electron chi connectivity index (χ1n) is 10.3. The van der Waals surface area contributed by atoms with Gasteiger partial charge in [-0.2, -0.15) is 0 Å². The number of anilines is 1. The number of para-hydroxylation sites is 1. The lowest BCUT2D eigenvalue weighted by molar-refractivity contribution is -0.121. The van der Waals surface area contributed by atoms with E-state index in [1.54, 1.807) is 23.6 Å². The van der Waals surface area contributed by atoms with E-state index in [4.69, 9.17) is 4.74 Å². The van der Waals surface area contributed by atoms with Crippen molar-refractivity contribution in [3.8, 4) is 0 Å². The van der Waals surface area contributed by atoms with Crippen molar-refractivity contribution < 1.29 is 19.1 Å². The maximum atomic E-state index is 12.4. The summed E-state index contributed by atoms with van der Waals surface area (Å²) in [4.78, 5) is 38.1. The summed E-state index contributed by atoms with van der Waals surface area (Å²) in [5.74, 6) is 0.637. The molecular formula is C21H29N3O4S. The zero-order valence-corrected chi connectivity index (χ0v) is 17.6. The van der Waals surface area contributed by atoms with Gasteiger partial charge in [-0.15, -0.1) is 11.8 Å². The number of carbonyl (C=O) groups excluding carboxylic acids is 3. The van der Waals surface area contributed by atoms with Crippen LogP contribution in [0.1, 0.15) is 38.2 Å². The number of likely N-dealkylation sites (tertiary alicyclic amines) is 1. The molecule has 1 saturated heterocycles. The molecule has 0 aromatic heterocycles. The van der Waals surface area contributed by atoms with Crippen LogP contribution in [0.15, 0.2) is 24.3 Å². The molecule has 3 amide bonds. The Morgan fingerprint density at radius 2 is 2.00 bits per heavy atom. The van der Waals surface area contributed by atoms with Crippen molar-refractivity contribution in [3.05, 3.63) is 29.8 Å². The number of hydrogen-bond donors (Lipinski definition) is 2. The summed E-state index contributed by atoms with van der Waals surface area (Å²) in [6.07, 6.45) is 3.22. The van der Waals surface area contributed by atoms with Gasteiger partial charge in [-0.25, -0.2) is 4.79 Å². The molecule has 1 aromatic carbocycles. The molecule has 29 heavy (non-hydrogen) atoms. The zero-order valence-electron chi connectivity index (χ0n) is 16.8. The second-order valence-corrected chi connectivity index (χ2v) is 8.63. The molecule has 3 rings (SSSR count). The van der Waals surface area contributed by atoms with E-state index in [-0.39, 0.29) is 29.2 Å². The van der Waals surface area contributed by atoms with Crippen LogP contribution in [0, 0.1) is 0 Å². The summed E-state index contributed by atoms with van der Waals surface area (Å²) in [6.45, 7) is 3.36. The van der Waals surface area contributed by atoms with E-state index in [1.165, 1.54) is 0 Å². The predicted molar refractivity (Wildman–Crippen MR) is 114 cm³/mol. The molecule has 2 N–H and O–H groups in total. The Labute approximate surface area is 175 Å². The van der Waals surface area contributed by atoms with Crippen LogP contribution >= 0.6 is 11.8 Å². The van der Waals surface area contributed by atoms with Crippen LogP contribution < -0.4 is 10.6 Å². The number of benzene rings is 1. The normalized spacial score (nSPS) is 19.7. The Hall–Kier alpha value is -2.22. The van der Waals surface area contributed by atoms with Crippen molar-refractivity contribution in [2.45, 2.75) is 50.3 Å². The fourth-order valence-electron chi connectivity index (χ4n) is 3.67. The SMILES string of the molecule is CCOC(=O)N1CCC(NC(=O)CCS[C@@H]2CCc3ccccc3NC2=O)CC1. The highest BCUT2D eigenvalue weighted by Gasteiger charge is 2.26. The quantitative estimate of drug-likeness (QED) is 0.740. The van der Waals surface area contributed by atoms with Crippen molar-refractivity contribution in [2.75, 3.05) is 30.8 Å². The molecule has 1 fully saturated rings. The third-order valence-corrected chi connectivity index (χ3v) is 6.57. The van der Waals surface area contributed by atoms with Crippen molar-refractivity contribution >= 4 is 35.4 Å². The van der Waals surface area contributed by atoms with E-state index in [1.807, 2.05) is 24.3 Å². The minimum atomic E-state index is -0.280. The smallest absolute Gasteiger partial charge is 0.409 e. The van der Waals surface area contributed by atoms with Gasteiger partial charge in [-0.1, -0.05) is 18.2 Å². The van der Waals surface area contributed by atoms with Crippen molar-refractivity contribution in [2.24, 2.45) is 0 Å². The Kier molecular flexibility index (Phi) is 7.80. The third-order valence-electron chi connectivity index (χ3n) is 5.28. The number of ether oxygens (including phenoxy) is 1. The molecule has 1 aromatic rings. The van der Waals surface area contributed by atoms with Crippen LogP contribution in [0.5, 0.6) is 0 Å². The maximum Gasteiger partial charge on any atom is 0.409 e. The highest BCUT2D eigenvalue weighted by Crippen LogP contribution is 2.27. The molecule has 2 aliphatic heterocycles. The van der Waals surface area contributed by atoms with Gasteiger partial charge in [0.2, 0.25) is 11.8 Å². The molecule has 1 atom stereocenters. The Balaban J connectivity index is 1.35. The lowest BCUT2D eigenvalue weighted by Gasteiger charge is -2.31. The monoisotopic (exact) mass is 419 g/mol. The number of hydrogen-bond acceptors (Lipinski definition) is 5. The van der Waals surface area contributed by atoms with Crippen LogP contribution in [0.2, 0.25) is 0 Å². The second-order valence-electron chi connectivity index (χ2n) is 7.32. The van der Waals surface area contributed by atoms with Crippen LogP contribution in [0.25, 0.3) is 0 Å². The molecule has 0 saturated carbocycles. The molecule has 0 bridgehead atoms. The second kappa shape index (κ2) is 10.5. The van der Waals surface area contributed by atoms with Crippen LogP contribution in [-0.4, -0.2) is 59.5 Å². The highest BCUT2D eigenvalue weighted by atomic mass is 32.2. The fourth-order valence-corrected chi connectivity index (χ4v) is 4.75. The summed E-state index contributed by atoms with van der Waals surface area (Å²) in [5.41, 5.74) is 2.06. The lowest BCUT2D eigenvalue weighted by Crippen LogP contribution is -2.46. The predicted octanol–water partition coefficient (Wildman–Crippen LogP) is 2.80. The molecule has 8 heteroatoms. The Morgan fingerprint density at radius 3 is 2.76 bits per heavy atom. The number of nitrogens with one attached hydrogen (secondary N) is 2. The first-order chi connectivity index (χ1) is 14.1. The number of rotatable bonds is 6. The molecule has 0 aliphatic carbocycles. The van der Waals surface area contributed by atoms with Gasteiger partial charge >= 0.3 is 6.09 Å². The summed E-state index contributed by atoms with van der Waals surface area (Å²) >= 11 is 1.55. The van der Waals surface area contributed by atoms with E-state index in [0.717, 1.165) is 36.9 Å². The number of piperidine rings is 1. The summed E-state index contributed by atoms with van der Waals surface area (Å²) in [6, 6.07) is 7.98. The van der Waals surface area contributed by atoms with Gasteiger partial charge in [-0.05, 0) is 44.2 Å². The molecule has 7 nitrogen and oxygen atoms in total. The van der Waals surface area contributed by atoms with Crippen LogP contribution in [0.3, 0.4) is 0 Å². The van der Waals surface area contributed by atoms with Crippen molar-refractivity contribution in [1.82, 2.24) is 10.2 Å². The largest absolute Gasteiger partial charge is 0.450 e. The van der Waals surface area contributed by atoms with Gasteiger partial charge < -0.3 is 20.3 Å². The van der Waals surface area contributed by atoms with E-state index in [9.17, 15) is 14.4 Å². The van der Waals surface area contributed by atoms with Gasteiger partial charge in [0.15, 0.2) is 0 Å². The van der Waals surface area contributed by atoms with Crippen LogP contribution in [0.4, 0.5) is 10.5 Å². The number of carbonyl (C=O) groups is 3. The fraction of sp³-hybridized carbons (Fsp3) is 0.571. The molecule has 2 heterocycles. The topological polar surface area (TPSA) is 87.7 Å². The van der Waals surface area contributed by atoms with Gasteiger partial charge in [0.1, 0.15) is 0 Å². The number of fused-ring (bicyclic) bond motifs is 1. The average Bonchev–Trinajstić information content (AvgIpc) is 2.87. The van der Waals surface area contributed by atoms with Gasteiger partial charge in [0.05, 0.1) is 11.9 Å². The molecule has 2 aliphatic rings. The summed E-state index contributed by atoms with van der Waals surface area (Å²) < 4.78 is 5.01. The summed E-state index contributed by atoms with van der Waals surface area (Å²) in [5, 5.41) is 5.91. The molecule has 0 spiro atoms. The number of thioether (sulfide) groups is 1. The molecule has 0 unspecified atom stereocenters. The minimum Gasteiger partial charge on any atom is -0.450 e.